The summed E-state index contributed by atoms with van der Waals surface area (Å²) in [5.41, 5.74) is 11.5. The lowest BCUT2D eigenvalue weighted by atomic mass is 9.93. The van der Waals surface area contributed by atoms with Crippen LogP contribution in [0.15, 0.2) is 24.3 Å². The normalized spacial score (nSPS) is 11.4. The van der Waals surface area contributed by atoms with Gasteiger partial charge in [0.15, 0.2) is 0 Å². The summed E-state index contributed by atoms with van der Waals surface area (Å²) >= 11 is 0. The molecule has 0 spiro atoms. The van der Waals surface area contributed by atoms with Crippen molar-refractivity contribution in [3.8, 4) is 22.6 Å². The highest BCUT2D eigenvalue weighted by Gasteiger charge is 2.36. The lowest BCUT2D eigenvalue weighted by Gasteiger charge is -2.20. The third-order valence-corrected chi connectivity index (χ3v) is 3.84. The molecule has 0 heterocycles. The second-order valence-corrected chi connectivity index (χ2v) is 5.21. The van der Waals surface area contributed by atoms with Crippen LogP contribution >= 0.6 is 0 Å². The summed E-state index contributed by atoms with van der Waals surface area (Å²) in [6.45, 7) is 1.88. The molecule has 7 heteroatoms. The van der Waals surface area contributed by atoms with E-state index in [4.69, 9.17) is 20.9 Å². The largest absolute Gasteiger partial charge is 0.496 e. The van der Waals surface area contributed by atoms with Crippen molar-refractivity contribution < 1.29 is 22.6 Å². The van der Waals surface area contributed by atoms with Crippen LogP contribution in [-0.4, -0.2) is 14.2 Å². The molecule has 130 valence electrons. The topological polar surface area (TPSA) is 70.5 Å². The Balaban J connectivity index is 2.88. The van der Waals surface area contributed by atoms with E-state index in [1.165, 1.54) is 14.2 Å². The Bertz CT molecular complexity index is 758. The maximum absolute atomic E-state index is 13.4. The van der Waals surface area contributed by atoms with Crippen LogP contribution in [0.4, 0.5) is 24.5 Å². The van der Waals surface area contributed by atoms with E-state index in [0.717, 1.165) is 17.7 Å². The molecule has 0 radical (unpaired) electrons. The van der Waals surface area contributed by atoms with Gasteiger partial charge in [-0.25, -0.2) is 0 Å². The monoisotopic (exact) mass is 340 g/mol. The molecule has 0 aromatic heterocycles. The minimum atomic E-state index is -4.57. The molecule has 0 bridgehead atoms. The third-order valence-electron chi connectivity index (χ3n) is 3.84. The molecule has 0 fully saturated rings. The van der Waals surface area contributed by atoms with Gasteiger partial charge in [-0.3, -0.25) is 0 Å². The summed E-state index contributed by atoms with van der Waals surface area (Å²) in [7, 11) is 2.86. The number of aryl methyl sites for hydroxylation is 1. The van der Waals surface area contributed by atoms with E-state index in [-0.39, 0.29) is 28.3 Å². The Morgan fingerprint density at radius 1 is 1.00 bits per heavy atom. The van der Waals surface area contributed by atoms with Gasteiger partial charge in [-0.1, -0.05) is 6.92 Å². The lowest BCUT2D eigenvalue weighted by molar-refractivity contribution is -0.137. The molecule has 0 amide bonds. The fourth-order valence-corrected chi connectivity index (χ4v) is 2.60. The zero-order chi connectivity index (χ0) is 18.1. The highest BCUT2D eigenvalue weighted by molar-refractivity contribution is 5.90. The van der Waals surface area contributed by atoms with Gasteiger partial charge in [-0.15, -0.1) is 0 Å². The number of halogens is 3. The highest BCUT2D eigenvalue weighted by atomic mass is 19.4. The summed E-state index contributed by atoms with van der Waals surface area (Å²) in [4.78, 5) is 0. The first-order valence-corrected chi connectivity index (χ1v) is 7.25. The number of hydrogen-bond acceptors (Lipinski definition) is 4. The van der Waals surface area contributed by atoms with Gasteiger partial charge >= 0.3 is 6.18 Å². The molecule has 24 heavy (non-hydrogen) atoms. The molecule has 0 unspecified atom stereocenters. The number of ether oxygens (including phenoxy) is 2. The Kier molecular flexibility index (Phi) is 4.82. The van der Waals surface area contributed by atoms with Gasteiger partial charge in [0.1, 0.15) is 11.5 Å². The van der Waals surface area contributed by atoms with E-state index >= 15 is 0 Å². The van der Waals surface area contributed by atoms with Gasteiger partial charge in [0.25, 0.3) is 0 Å². The van der Waals surface area contributed by atoms with Crippen LogP contribution in [0, 0.1) is 0 Å². The molecule has 2 rings (SSSR count). The number of methoxy groups -OCH3 is 2. The Labute approximate surface area is 138 Å². The van der Waals surface area contributed by atoms with Crippen LogP contribution in [-0.2, 0) is 12.6 Å². The highest BCUT2D eigenvalue weighted by Crippen LogP contribution is 2.46. The van der Waals surface area contributed by atoms with Gasteiger partial charge in [0.2, 0.25) is 0 Å². The lowest BCUT2D eigenvalue weighted by Crippen LogP contribution is -2.11. The van der Waals surface area contributed by atoms with Gasteiger partial charge in [-0.05, 0) is 30.2 Å². The van der Waals surface area contributed by atoms with Crippen molar-refractivity contribution in [2.75, 3.05) is 25.7 Å². The summed E-state index contributed by atoms with van der Waals surface area (Å²) < 4.78 is 50.9. The van der Waals surface area contributed by atoms with Crippen LogP contribution in [0.2, 0.25) is 0 Å². The predicted molar refractivity (Wildman–Crippen MR) is 88.2 cm³/mol. The second kappa shape index (κ2) is 6.51. The molecule has 0 atom stereocenters. The van der Waals surface area contributed by atoms with Gasteiger partial charge in [-0.2, -0.15) is 13.2 Å². The molecule has 2 aromatic carbocycles. The first kappa shape index (κ1) is 17.8. The first-order valence-electron chi connectivity index (χ1n) is 7.25. The fourth-order valence-electron chi connectivity index (χ4n) is 2.60. The molecule has 0 saturated heterocycles. The maximum Gasteiger partial charge on any atom is 0.417 e. The molecule has 2 aromatic rings. The summed E-state index contributed by atoms with van der Waals surface area (Å²) in [6, 6.07) is 5.23. The van der Waals surface area contributed by atoms with Crippen molar-refractivity contribution in [3.05, 3.63) is 35.4 Å². The number of hydrogen-bond donors (Lipinski definition) is 2. The molecule has 0 aliphatic rings. The number of nitrogens with two attached hydrogens (primary N) is 2. The van der Waals surface area contributed by atoms with Crippen LogP contribution in [0.5, 0.6) is 11.5 Å². The van der Waals surface area contributed by atoms with Crippen molar-refractivity contribution >= 4 is 11.4 Å². The molecular formula is C17H19F3N2O2. The molecule has 0 aliphatic carbocycles. The van der Waals surface area contributed by atoms with Gasteiger partial charge in [0, 0.05) is 17.2 Å². The van der Waals surface area contributed by atoms with E-state index in [1.54, 1.807) is 12.1 Å². The second-order valence-electron chi connectivity index (χ2n) is 5.21. The quantitative estimate of drug-likeness (QED) is 0.822. The Morgan fingerprint density at radius 3 is 2.12 bits per heavy atom. The van der Waals surface area contributed by atoms with E-state index in [0.29, 0.717) is 12.2 Å². The van der Waals surface area contributed by atoms with Crippen molar-refractivity contribution in [2.24, 2.45) is 0 Å². The Morgan fingerprint density at radius 2 is 1.62 bits per heavy atom. The standard InChI is InChI=1S/C17H19F3N2O2/c1-4-9-7-10(14(24-3)8-13(9)23-2)15-11(17(18,19)20)5-6-12(21)16(15)22/h5-8H,4,21-22H2,1-3H3. The van der Waals surface area contributed by atoms with Crippen molar-refractivity contribution in [2.45, 2.75) is 19.5 Å². The third kappa shape index (κ3) is 3.06. The van der Waals surface area contributed by atoms with Crippen molar-refractivity contribution in [1.29, 1.82) is 0 Å². The number of alkyl halides is 3. The average Bonchev–Trinajstić information content (AvgIpc) is 2.54. The van der Waals surface area contributed by atoms with Crippen molar-refractivity contribution in [3.63, 3.8) is 0 Å². The molecule has 4 N–H and O–H groups in total. The van der Waals surface area contributed by atoms with E-state index < -0.39 is 11.7 Å². The Hall–Kier alpha value is -2.57. The number of rotatable bonds is 4. The number of benzene rings is 2. The molecular weight excluding hydrogens is 321 g/mol. The minimum absolute atomic E-state index is 0.0777. The van der Waals surface area contributed by atoms with Crippen LogP contribution in [0.1, 0.15) is 18.1 Å². The predicted octanol–water partition coefficient (Wildman–Crippen LogP) is 4.12. The summed E-state index contributed by atoms with van der Waals surface area (Å²) in [5, 5.41) is 0. The summed E-state index contributed by atoms with van der Waals surface area (Å²) in [5.74, 6) is 0.765. The van der Waals surface area contributed by atoms with E-state index in [1.807, 2.05) is 6.92 Å². The number of anilines is 2. The first-order chi connectivity index (χ1) is 11.2. The van der Waals surface area contributed by atoms with Crippen LogP contribution in [0.25, 0.3) is 11.1 Å². The maximum atomic E-state index is 13.4. The zero-order valence-corrected chi connectivity index (χ0v) is 13.6. The summed E-state index contributed by atoms with van der Waals surface area (Å²) in [6.07, 6.45) is -4.00. The SMILES string of the molecule is CCc1cc(-c2c(C(F)(F)F)ccc(N)c2N)c(OC)cc1OC. The van der Waals surface area contributed by atoms with E-state index in [9.17, 15) is 13.2 Å². The fraction of sp³-hybridized carbons (Fsp3) is 0.294. The number of nitrogen functional groups attached to an aromatic ring is 2. The van der Waals surface area contributed by atoms with Gasteiger partial charge in [0.05, 0.1) is 31.2 Å². The smallest absolute Gasteiger partial charge is 0.417 e. The molecule has 0 saturated carbocycles. The molecule has 0 aliphatic heterocycles. The van der Waals surface area contributed by atoms with Gasteiger partial charge < -0.3 is 20.9 Å². The average molecular weight is 340 g/mol. The minimum Gasteiger partial charge on any atom is -0.496 e. The van der Waals surface area contributed by atoms with Crippen LogP contribution in [0.3, 0.4) is 0 Å². The molecule has 4 nitrogen and oxygen atoms in total. The zero-order valence-electron chi connectivity index (χ0n) is 13.6. The van der Waals surface area contributed by atoms with Crippen LogP contribution < -0.4 is 20.9 Å². The van der Waals surface area contributed by atoms with E-state index in [2.05, 4.69) is 0 Å². The van der Waals surface area contributed by atoms with Crippen molar-refractivity contribution in [1.82, 2.24) is 0 Å².